The highest BCUT2D eigenvalue weighted by Crippen LogP contribution is 2.30. The summed E-state index contributed by atoms with van der Waals surface area (Å²) in [4.78, 5) is 0. The third-order valence-electron chi connectivity index (χ3n) is 3.62. The zero-order valence-electron chi connectivity index (χ0n) is 10.4. The summed E-state index contributed by atoms with van der Waals surface area (Å²) in [5.74, 6) is 0. The molecule has 0 saturated carbocycles. The van der Waals surface area contributed by atoms with Crippen molar-refractivity contribution in [3.63, 3.8) is 0 Å². The maximum atomic E-state index is 12.2. The molecule has 17 heavy (non-hydrogen) atoms. The topological polar surface area (TPSA) is 60.9 Å². The van der Waals surface area contributed by atoms with Gasteiger partial charge in [0.25, 0.3) is 10.2 Å². The first kappa shape index (κ1) is 13.3. The average molecular weight is 262 g/mol. The molecule has 0 aromatic carbocycles. The lowest BCUT2D eigenvalue weighted by molar-refractivity contribution is -0.0676. The zero-order chi connectivity index (χ0) is 12.5. The fourth-order valence-electron chi connectivity index (χ4n) is 2.66. The Morgan fingerprint density at radius 2 is 1.71 bits per heavy atom. The molecule has 0 amide bonds. The zero-order valence-corrected chi connectivity index (χ0v) is 11.2. The lowest BCUT2D eigenvalue weighted by Crippen LogP contribution is -2.65. The van der Waals surface area contributed by atoms with E-state index >= 15 is 0 Å². The number of hydrogen-bond donors (Lipinski definition) is 1. The highest BCUT2D eigenvalue weighted by molar-refractivity contribution is 7.86. The monoisotopic (exact) mass is 262 g/mol. The molecule has 0 radical (unpaired) electrons. The number of aliphatic hydroxyl groups is 1. The molecule has 0 spiro atoms. The fraction of sp³-hybridized carbons (Fsp3) is 1.00. The molecule has 0 aromatic rings. The Labute approximate surface area is 104 Å². The number of piperidine rings is 1. The maximum absolute atomic E-state index is 12.2. The Hall–Kier alpha value is -0.170. The SMILES string of the molecule is CCCC1(O)CN(S(=O)(=O)N2CCCCC2)C1. The largest absolute Gasteiger partial charge is 0.387 e. The van der Waals surface area contributed by atoms with Gasteiger partial charge in [-0.25, -0.2) is 0 Å². The molecule has 2 saturated heterocycles. The summed E-state index contributed by atoms with van der Waals surface area (Å²) in [6.07, 6.45) is 4.58. The van der Waals surface area contributed by atoms with Gasteiger partial charge in [-0.15, -0.1) is 0 Å². The van der Waals surface area contributed by atoms with Crippen LogP contribution < -0.4 is 0 Å². The van der Waals surface area contributed by atoms with Crippen LogP contribution in [0.1, 0.15) is 39.0 Å². The van der Waals surface area contributed by atoms with E-state index in [0.29, 0.717) is 19.5 Å². The van der Waals surface area contributed by atoms with Gasteiger partial charge < -0.3 is 5.11 Å². The van der Waals surface area contributed by atoms with E-state index in [1.807, 2.05) is 6.92 Å². The van der Waals surface area contributed by atoms with Crippen molar-refractivity contribution in [3.05, 3.63) is 0 Å². The van der Waals surface area contributed by atoms with Crippen molar-refractivity contribution in [2.45, 2.75) is 44.6 Å². The molecule has 0 aromatic heterocycles. The summed E-state index contributed by atoms with van der Waals surface area (Å²) in [6.45, 7) is 3.79. The summed E-state index contributed by atoms with van der Waals surface area (Å²) < 4.78 is 27.4. The molecule has 2 aliphatic heterocycles. The molecular weight excluding hydrogens is 240 g/mol. The van der Waals surface area contributed by atoms with Gasteiger partial charge in [-0.3, -0.25) is 0 Å². The van der Waals surface area contributed by atoms with E-state index in [9.17, 15) is 13.5 Å². The van der Waals surface area contributed by atoms with E-state index in [2.05, 4.69) is 0 Å². The number of rotatable bonds is 4. The Morgan fingerprint density at radius 1 is 1.12 bits per heavy atom. The van der Waals surface area contributed by atoms with Gasteiger partial charge in [0.2, 0.25) is 0 Å². The summed E-state index contributed by atoms with van der Waals surface area (Å²) in [5, 5.41) is 10.0. The van der Waals surface area contributed by atoms with E-state index in [1.54, 1.807) is 4.31 Å². The van der Waals surface area contributed by atoms with E-state index in [4.69, 9.17) is 0 Å². The maximum Gasteiger partial charge on any atom is 0.282 e. The molecule has 6 heteroatoms. The lowest BCUT2D eigenvalue weighted by Gasteiger charge is -2.47. The van der Waals surface area contributed by atoms with Crippen LogP contribution >= 0.6 is 0 Å². The second-order valence-electron chi connectivity index (χ2n) is 5.21. The molecule has 5 nitrogen and oxygen atoms in total. The second-order valence-corrected chi connectivity index (χ2v) is 7.14. The van der Waals surface area contributed by atoms with Crippen molar-refractivity contribution in [1.82, 2.24) is 8.61 Å². The highest BCUT2D eigenvalue weighted by atomic mass is 32.2. The first-order chi connectivity index (χ1) is 7.98. The fourth-order valence-corrected chi connectivity index (χ4v) is 4.51. The van der Waals surface area contributed by atoms with Gasteiger partial charge >= 0.3 is 0 Å². The van der Waals surface area contributed by atoms with Gasteiger partial charge in [0.15, 0.2) is 0 Å². The molecule has 2 fully saturated rings. The third kappa shape index (κ3) is 2.65. The minimum Gasteiger partial charge on any atom is -0.387 e. The van der Waals surface area contributed by atoms with Crippen LogP contribution in [-0.2, 0) is 10.2 Å². The van der Waals surface area contributed by atoms with E-state index < -0.39 is 15.8 Å². The van der Waals surface area contributed by atoms with Crippen molar-refractivity contribution < 1.29 is 13.5 Å². The second kappa shape index (κ2) is 4.84. The average Bonchev–Trinajstić information content (AvgIpc) is 2.27. The number of β-amino-alcohol motifs (C(OH)–C–C–N with tert-alkyl or cyclic N) is 1. The quantitative estimate of drug-likeness (QED) is 0.805. The smallest absolute Gasteiger partial charge is 0.282 e. The number of nitrogens with zero attached hydrogens (tertiary/aromatic N) is 2. The Bertz CT molecular complexity index is 357. The van der Waals surface area contributed by atoms with Crippen LogP contribution in [0.3, 0.4) is 0 Å². The minimum atomic E-state index is -3.31. The van der Waals surface area contributed by atoms with Crippen molar-refractivity contribution >= 4 is 10.2 Å². The summed E-state index contributed by atoms with van der Waals surface area (Å²) in [6, 6.07) is 0. The standard InChI is InChI=1S/C11H22N2O3S/c1-2-6-11(14)9-13(10-11)17(15,16)12-7-4-3-5-8-12/h14H,2-10H2,1H3. The van der Waals surface area contributed by atoms with Crippen LogP contribution in [0.2, 0.25) is 0 Å². The van der Waals surface area contributed by atoms with Gasteiger partial charge in [0, 0.05) is 26.2 Å². The molecule has 0 unspecified atom stereocenters. The molecule has 2 heterocycles. The predicted molar refractivity (Wildman–Crippen MR) is 65.8 cm³/mol. The lowest BCUT2D eigenvalue weighted by atomic mass is 9.92. The van der Waals surface area contributed by atoms with Gasteiger partial charge in [-0.1, -0.05) is 19.8 Å². The highest BCUT2D eigenvalue weighted by Gasteiger charge is 2.47. The van der Waals surface area contributed by atoms with Crippen LogP contribution in [0.5, 0.6) is 0 Å². The van der Waals surface area contributed by atoms with E-state index in [1.165, 1.54) is 4.31 Å². The Kier molecular flexibility index (Phi) is 3.77. The molecular formula is C11H22N2O3S. The van der Waals surface area contributed by atoms with Gasteiger partial charge in [-0.05, 0) is 19.3 Å². The number of hydrogen-bond acceptors (Lipinski definition) is 3. The van der Waals surface area contributed by atoms with Crippen LogP contribution in [0.4, 0.5) is 0 Å². The predicted octanol–water partition coefficient (Wildman–Crippen LogP) is 0.564. The van der Waals surface area contributed by atoms with E-state index in [-0.39, 0.29) is 13.1 Å². The minimum absolute atomic E-state index is 0.264. The molecule has 1 N–H and O–H groups in total. The molecule has 0 bridgehead atoms. The summed E-state index contributed by atoms with van der Waals surface area (Å²) in [5.41, 5.74) is -0.780. The van der Waals surface area contributed by atoms with Crippen molar-refractivity contribution in [2.24, 2.45) is 0 Å². The molecule has 0 atom stereocenters. The van der Waals surface area contributed by atoms with Gasteiger partial charge in [-0.2, -0.15) is 17.0 Å². The van der Waals surface area contributed by atoms with Crippen molar-refractivity contribution in [3.8, 4) is 0 Å². The Balaban J connectivity index is 1.95. The van der Waals surface area contributed by atoms with Crippen LogP contribution in [-0.4, -0.2) is 53.9 Å². The van der Waals surface area contributed by atoms with Gasteiger partial charge in [0.05, 0.1) is 5.60 Å². The van der Waals surface area contributed by atoms with E-state index in [0.717, 1.165) is 25.7 Å². The Morgan fingerprint density at radius 3 is 2.24 bits per heavy atom. The summed E-state index contributed by atoms with van der Waals surface area (Å²) in [7, 11) is -3.31. The molecule has 0 aliphatic carbocycles. The molecule has 2 rings (SSSR count). The van der Waals surface area contributed by atoms with Crippen LogP contribution in [0.25, 0.3) is 0 Å². The van der Waals surface area contributed by atoms with Crippen LogP contribution in [0, 0.1) is 0 Å². The van der Waals surface area contributed by atoms with Crippen molar-refractivity contribution in [1.29, 1.82) is 0 Å². The molecule has 100 valence electrons. The van der Waals surface area contributed by atoms with Gasteiger partial charge in [0.1, 0.15) is 0 Å². The van der Waals surface area contributed by atoms with Crippen molar-refractivity contribution in [2.75, 3.05) is 26.2 Å². The third-order valence-corrected chi connectivity index (χ3v) is 5.55. The normalized spacial score (nSPS) is 26.7. The summed E-state index contributed by atoms with van der Waals surface area (Å²) >= 11 is 0. The first-order valence-corrected chi connectivity index (χ1v) is 7.85. The first-order valence-electron chi connectivity index (χ1n) is 6.45. The van der Waals surface area contributed by atoms with Crippen LogP contribution in [0.15, 0.2) is 0 Å². The molecule has 2 aliphatic rings.